The van der Waals surface area contributed by atoms with E-state index in [1.807, 2.05) is 0 Å². The number of aromatic amines is 1. The number of anilines is 2. The van der Waals surface area contributed by atoms with Crippen LogP contribution in [-0.4, -0.2) is 52.2 Å². The third-order valence-corrected chi connectivity index (χ3v) is 6.13. The molecule has 3 unspecified atom stereocenters. The smallest absolute Gasteiger partial charge is 0.329 e. The highest BCUT2D eigenvalue weighted by Crippen LogP contribution is 2.47. The van der Waals surface area contributed by atoms with Crippen LogP contribution in [0, 0.1) is 11.7 Å². The maximum atomic E-state index is 15.4. The highest BCUT2D eigenvalue weighted by Gasteiger charge is 2.43. The lowest BCUT2D eigenvalue weighted by Crippen LogP contribution is -2.33. The Hall–Kier alpha value is -2.85. The topological polar surface area (TPSA) is 134 Å². The van der Waals surface area contributed by atoms with Crippen molar-refractivity contribution in [3.05, 3.63) is 38.3 Å². The number of aromatic nitrogens is 2. The molecule has 9 nitrogen and oxygen atoms in total. The molecule has 2 heterocycles. The van der Waals surface area contributed by atoms with Gasteiger partial charge in [-0.05, 0) is 18.4 Å². The lowest BCUT2D eigenvalue weighted by Gasteiger charge is -2.26. The van der Waals surface area contributed by atoms with Gasteiger partial charge in [0.05, 0.1) is 30.4 Å². The molecule has 1 saturated heterocycles. The van der Waals surface area contributed by atoms with Crippen LogP contribution in [0.1, 0.15) is 18.9 Å². The Morgan fingerprint density at radius 3 is 2.66 bits per heavy atom. The van der Waals surface area contributed by atoms with Gasteiger partial charge in [0.1, 0.15) is 11.2 Å². The van der Waals surface area contributed by atoms with Crippen LogP contribution >= 0.6 is 0 Å². The molecule has 10 heteroatoms. The van der Waals surface area contributed by atoms with Crippen LogP contribution in [0.15, 0.2) is 21.2 Å². The maximum absolute atomic E-state index is 15.4. The maximum Gasteiger partial charge on any atom is 0.329 e. The average Bonchev–Trinajstić information content (AvgIpc) is 3.37. The molecule has 1 saturated carbocycles. The van der Waals surface area contributed by atoms with Crippen LogP contribution in [0.4, 0.5) is 15.8 Å². The number of hydrogen-bond acceptors (Lipinski definition) is 7. The van der Waals surface area contributed by atoms with Crippen molar-refractivity contribution in [2.24, 2.45) is 5.92 Å². The molecule has 3 atom stereocenters. The summed E-state index contributed by atoms with van der Waals surface area (Å²) in [5, 5.41) is 19.9. The molecular weight excluding hydrogens is 383 g/mol. The Bertz CT molecular complexity index is 1180. The average molecular weight is 404 g/mol. The third-order valence-electron chi connectivity index (χ3n) is 6.13. The van der Waals surface area contributed by atoms with Gasteiger partial charge >= 0.3 is 5.69 Å². The van der Waals surface area contributed by atoms with E-state index in [1.54, 1.807) is 11.0 Å². The van der Waals surface area contributed by atoms with Gasteiger partial charge in [0.25, 0.3) is 5.56 Å². The van der Waals surface area contributed by atoms with Gasteiger partial charge < -0.3 is 25.6 Å². The molecule has 2 aliphatic carbocycles. The van der Waals surface area contributed by atoms with Crippen LogP contribution < -0.4 is 26.6 Å². The van der Waals surface area contributed by atoms with Gasteiger partial charge in [0, 0.05) is 25.0 Å². The van der Waals surface area contributed by atoms with Gasteiger partial charge in [-0.2, -0.15) is 0 Å². The molecule has 2 fully saturated rings. The zero-order valence-electron chi connectivity index (χ0n) is 15.7. The largest absolute Gasteiger partial charge is 0.492 e. The van der Waals surface area contributed by atoms with Gasteiger partial charge in [-0.3, -0.25) is 14.3 Å². The van der Waals surface area contributed by atoms with Crippen molar-refractivity contribution in [1.29, 1.82) is 0 Å². The van der Waals surface area contributed by atoms with E-state index in [2.05, 4.69) is 4.98 Å². The van der Waals surface area contributed by atoms with Crippen LogP contribution in [0.25, 0.3) is 10.9 Å². The fourth-order valence-electron chi connectivity index (χ4n) is 4.62. The SMILES string of the molecule is COc1c(N2CC3=CC(O)C(O)C3C2)c(F)c(N)c2c(=O)[nH]c(=O)n(C3CC3)c12. The van der Waals surface area contributed by atoms with E-state index < -0.39 is 29.3 Å². The van der Waals surface area contributed by atoms with Gasteiger partial charge in [0.15, 0.2) is 11.6 Å². The molecule has 5 rings (SSSR count). The van der Waals surface area contributed by atoms with Crippen LogP contribution in [0.3, 0.4) is 0 Å². The quantitative estimate of drug-likeness (QED) is 0.413. The zero-order chi connectivity index (χ0) is 20.6. The van der Waals surface area contributed by atoms with Crippen molar-refractivity contribution in [3.8, 4) is 5.75 Å². The minimum atomic E-state index is -0.964. The Morgan fingerprint density at radius 1 is 1.31 bits per heavy atom. The second-order valence-electron chi connectivity index (χ2n) is 7.90. The van der Waals surface area contributed by atoms with Gasteiger partial charge in [0.2, 0.25) is 0 Å². The molecule has 2 aromatic rings. The number of ether oxygens (including phenoxy) is 1. The number of H-pyrrole nitrogens is 1. The first-order valence-corrected chi connectivity index (χ1v) is 9.48. The summed E-state index contributed by atoms with van der Waals surface area (Å²) >= 11 is 0. The number of hydrogen-bond donors (Lipinski definition) is 4. The molecule has 154 valence electrons. The standard InChI is InChI=1S/C19H21FN4O5/c1-29-17-14-11(18(27)22-19(28)24(14)8-2-3-8)13(21)12(20)15(17)23-5-7-4-10(25)16(26)9(7)6-23/h4,8-10,16,25-26H,2-3,5-6,21H2,1H3,(H,22,27,28). The number of rotatable bonds is 3. The molecule has 0 bridgehead atoms. The molecule has 0 spiro atoms. The molecular formula is C19H21FN4O5. The number of benzene rings is 1. The number of methoxy groups -OCH3 is 1. The summed E-state index contributed by atoms with van der Waals surface area (Å²) in [5.74, 6) is -1.08. The van der Waals surface area contributed by atoms with E-state index in [1.165, 1.54) is 11.7 Å². The number of nitrogens with zero attached hydrogens (tertiary/aromatic N) is 2. The number of aliphatic hydroxyl groups excluding tert-OH is 2. The van der Waals surface area contributed by atoms with Gasteiger partial charge in [-0.1, -0.05) is 6.08 Å². The second-order valence-corrected chi connectivity index (χ2v) is 7.90. The van der Waals surface area contributed by atoms with Crippen LogP contribution in [0.2, 0.25) is 0 Å². The van der Waals surface area contributed by atoms with Crippen molar-refractivity contribution in [3.63, 3.8) is 0 Å². The minimum Gasteiger partial charge on any atom is -0.492 e. The molecule has 5 N–H and O–H groups in total. The first kappa shape index (κ1) is 18.2. The number of halogens is 1. The zero-order valence-corrected chi connectivity index (χ0v) is 15.7. The summed E-state index contributed by atoms with van der Waals surface area (Å²) in [6.07, 6.45) is 1.20. The predicted molar refractivity (Wildman–Crippen MR) is 104 cm³/mol. The van der Waals surface area contributed by atoms with E-state index in [0.717, 1.165) is 18.4 Å². The fourth-order valence-corrected chi connectivity index (χ4v) is 4.62. The normalized spacial score (nSPS) is 26.1. The predicted octanol–water partition coefficient (Wildman–Crippen LogP) is -0.147. The second kappa shape index (κ2) is 6.07. The fraction of sp³-hybridized carbons (Fsp3) is 0.474. The van der Waals surface area contributed by atoms with Gasteiger partial charge in [-0.15, -0.1) is 0 Å². The van der Waals surface area contributed by atoms with Crippen molar-refractivity contribution < 1.29 is 19.3 Å². The summed E-state index contributed by atoms with van der Waals surface area (Å²) in [6.45, 7) is 0.521. The first-order valence-electron chi connectivity index (χ1n) is 9.48. The van der Waals surface area contributed by atoms with E-state index >= 15 is 4.39 Å². The summed E-state index contributed by atoms with van der Waals surface area (Å²) in [5.41, 5.74) is 5.36. The monoisotopic (exact) mass is 404 g/mol. The van der Waals surface area contributed by atoms with E-state index in [9.17, 15) is 19.8 Å². The van der Waals surface area contributed by atoms with Crippen molar-refractivity contribution >= 4 is 22.3 Å². The Balaban J connectivity index is 1.78. The van der Waals surface area contributed by atoms with Crippen LogP contribution in [0.5, 0.6) is 5.75 Å². The van der Waals surface area contributed by atoms with E-state index in [0.29, 0.717) is 0 Å². The van der Waals surface area contributed by atoms with Crippen LogP contribution in [-0.2, 0) is 0 Å². The number of fused-ring (bicyclic) bond motifs is 2. The Morgan fingerprint density at radius 2 is 2.03 bits per heavy atom. The van der Waals surface area contributed by atoms with E-state index in [-0.39, 0.29) is 53.1 Å². The summed E-state index contributed by atoms with van der Waals surface area (Å²) < 4.78 is 22.3. The van der Waals surface area contributed by atoms with Crippen molar-refractivity contribution in [2.75, 3.05) is 30.8 Å². The first-order chi connectivity index (χ1) is 13.8. The van der Waals surface area contributed by atoms with E-state index in [4.69, 9.17) is 10.5 Å². The summed E-state index contributed by atoms with van der Waals surface area (Å²) in [7, 11) is 1.35. The molecule has 3 aliphatic rings. The number of nitrogen functional groups attached to an aromatic ring is 1. The third kappa shape index (κ3) is 2.45. The summed E-state index contributed by atoms with van der Waals surface area (Å²) in [6, 6.07) is -0.105. The highest BCUT2D eigenvalue weighted by molar-refractivity contribution is 6.00. The lowest BCUT2D eigenvalue weighted by atomic mass is 10.0. The van der Waals surface area contributed by atoms with Gasteiger partial charge in [-0.25, -0.2) is 9.18 Å². The molecule has 1 aromatic heterocycles. The number of nitrogens with two attached hydrogens (primary N) is 1. The molecule has 29 heavy (non-hydrogen) atoms. The molecule has 0 amide bonds. The van der Waals surface area contributed by atoms with Crippen molar-refractivity contribution in [1.82, 2.24) is 9.55 Å². The number of nitrogens with one attached hydrogen (secondary N) is 1. The Labute approximate surface area is 163 Å². The van der Waals surface area contributed by atoms with Crippen molar-refractivity contribution in [2.45, 2.75) is 31.1 Å². The molecule has 0 radical (unpaired) electrons. The summed E-state index contributed by atoms with van der Waals surface area (Å²) in [4.78, 5) is 28.8. The minimum absolute atomic E-state index is 0.0499. The highest BCUT2D eigenvalue weighted by atomic mass is 19.1. The molecule has 1 aromatic carbocycles. The lowest BCUT2D eigenvalue weighted by molar-refractivity contribution is 0.0364. The number of aliphatic hydroxyl groups is 2. The molecule has 1 aliphatic heterocycles. The Kier molecular flexibility index (Phi) is 3.81.